The SMILES string of the molecule is CNC(=O)c1ccn(-c2c(F)cc(N)c3cccnc23)n1. The zero-order chi connectivity index (χ0) is 15.0. The summed E-state index contributed by atoms with van der Waals surface area (Å²) in [6, 6.07) is 6.20. The molecule has 1 aromatic carbocycles. The molecule has 0 saturated heterocycles. The van der Waals surface area contributed by atoms with Gasteiger partial charge in [-0.15, -0.1) is 0 Å². The summed E-state index contributed by atoms with van der Waals surface area (Å²) in [5.41, 5.74) is 6.85. The Labute approximate surface area is 119 Å². The zero-order valence-corrected chi connectivity index (χ0v) is 11.2. The molecule has 0 saturated carbocycles. The molecule has 2 heterocycles. The fraction of sp³-hybridized carbons (Fsp3) is 0.0714. The third-order valence-corrected chi connectivity index (χ3v) is 3.13. The van der Waals surface area contributed by atoms with Gasteiger partial charge in [0.15, 0.2) is 11.5 Å². The summed E-state index contributed by atoms with van der Waals surface area (Å²) in [7, 11) is 1.50. The van der Waals surface area contributed by atoms with Gasteiger partial charge >= 0.3 is 0 Å². The quantitative estimate of drug-likeness (QED) is 0.699. The minimum Gasteiger partial charge on any atom is -0.398 e. The maximum Gasteiger partial charge on any atom is 0.271 e. The van der Waals surface area contributed by atoms with E-state index >= 15 is 0 Å². The average Bonchev–Trinajstić information content (AvgIpc) is 2.96. The van der Waals surface area contributed by atoms with Crippen molar-refractivity contribution in [2.24, 2.45) is 0 Å². The zero-order valence-electron chi connectivity index (χ0n) is 11.2. The molecule has 0 bridgehead atoms. The number of halogens is 1. The summed E-state index contributed by atoms with van der Waals surface area (Å²) >= 11 is 0. The number of nitrogens with zero attached hydrogens (tertiary/aromatic N) is 3. The molecule has 0 aliphatic heterocycles. The summed E-state index contributed by atoms with van der Waals surface area (Å²) in [6.45, 7) is 0. The summed E-state index contributed by atoms with van der Waals surface area (Å²) in [5.74, 6) is -0.896. The molecule has 1 amide bonds. The van der Waals surface area contributed by atoms with Crippen molar-refractivity contribution in [2.75, 3.05) is 12.8 Å². The summed E-state index contributed by atoms with van der Waals surface area (Å²) < 4.78 is 15.6. The van der Waals surface area contributed by atoms with Crippen LogP contribution >= 0.6 is 0 Å². The Morgan fingerprint density at radius 2 is 2.24 bits per heavy atom. The molecule has 0 radical (unpaired) electrons. The second-order valence-corrected chi connectivity index (χ2v) is 4.42. The summed E-state index contributed by atoms with van der Waals surface area (Å²) in [4.78, 5) is 15.7. The van der Waals surface area contributed by atoms with Crippen molar-refractivity contribution in [3.05, 3.63) is 48.2 Å². The van der Waals surface area contributed by atoms with Gasteiger partial charge in [-0.25, -0.2) is 9.07 Å². The molecule has 0 unspecified atom stereocenters. The van der Waals surface area contributed by atoms with E-state index in [1.54, 1.807) is 18.3 Å². The lowest BCUT2D eigenvalue weighted by atomic mass is 10.1. The molecule has 3 aromatic rings. The van der Waals surface area contributed by atoms with Gasteiger partial charge in [0.25, 0.3) is 5.91 Å². The maximum absolute atomic E-state index is 14.3. The first-order valence-electron chi connectivity index (χ1n) is 6.22. The molecule has 106 valence electrons. The minimum atomic E-state index is -0.551. The number of pyridine rings is 1. The number of anilines is 1. The fourth-order valence-electron chi connectivity index (χ4n) is 2.14. The molecule has 7 heteroatoms. The molecule has 0 atom stereocenters. The highest BCUT2D eigenvalue weighted by molar-refractivity contribution is 5.96. The monoisotopic (exact) mass is 285 g/mol. The number of rotatable bonds is 2. The highest BCUT2D eigenvalue weighted by atomic mass is 19.1. The molecule has 2 aromatic heterocycles. The van der Waals surface area contributed by atoms with E-state index in [1.807, 2.05) is 0 Å². The Morgan fingerprint density at radius 1 is 1.43 bits per heavy atom. The van der Waals surface area contributed by atoms with Crippen LogP contribution in [-0.2, 0) is 0 Å². The molecule has 0 aliphatic carbocycles. The van der Waals surface area contributed by atoms with Gasteiger partial charge in [-0.2, -0.15) is 5.10 Å². The average molecular weight is 285 g/mol. The Hall–Kier alpha value is -2.96. The third-order valence-electron chi connectivity index (χ3n) is 3.13. The van der Waals surface area contributed by atoms with Crippen LogP contribution < -0.4 is 11.1 Å². The number of carbonyl (C=O) groups excluding carboxylic acids is 1. The second kappa shape index (κ2) is 4.86. The number of aromatic nitrogens is 3. The van der Waals surface area contributed by atoms with E-state index in [0.29, 0.717) is 16.6 Å². The highest BCUT2D eigenvalue weighted by Crippen LogP contribution is 2.28. The van der Waals surface area contributed by atoms with Crippen LogP contribution in [0.4, 0.5) is 10.1 Å². The van der Waals surface area contributed by atoms with Gasteiger partial charge in [-0.05, 0) is 24.3 Å². The van der Waals surface area contributed by atoms with Crippen molar-refractivity contribution in [1.29, 1.82) is 0 Å². The lowest BCUT2D eigenvalue weighted by Crippen LogP contribution is -2.18. The van der Waals surface area contributed by atoms with Crippen LogP contribution in [0.3, 0.4) is 0 Å². The first-order valence-corrected chi connectivity index (χ1v) is 6.22. The van der Waals surface area contributed by atoms with E-state index in [-0.39, 0.29) is 17.3 Å². The van der Waals surface area contributed by atoms with Gasteiger partial charge in [0.2, 0.25) is 0 Å². The molecular formula is C14H12FN5O. The van der Waals surface area contributed by atoms with Gasteiger partial charge in [-0.1, -0.05) is 0 Å². The number of nitrogens with two attached hydrogens (primary N) is 1. The molecule has 6 nitrogen and oxygen atoms in total. The Balaban J connectivity index is 2.25. The predicted molar refractivity (Wildman–Crippen MR) is 76.6 cm³/mol. The lowest BCUT2D eigenvalue weighted by Gasteiger charge is -2.09. The number of hydrogen-bond acceptors (Lipinski definition) is 4. The van der Waals surface area contributed by atoms with Crippen LogP contribution in [0.1, 0.15) is 10.5 Å². The van der Waals surface area contributed by atoms with Crippen LogP contribution in [0, 0.1) is 5.82 Å². The van der Waals surface area contributed by atoms with Crippen molar-refractivity contribution < 1.29 is 9.18 Å². The number of nitrogens with one attached hydrogen (secondary N) is 1. The Kier molecular flexibility index (Phi) is 3.02. The number of hydrogen-bond donors (Lipinski definition) is 2. The van der Waals surface area contributed by atoms with Gasteiger partial charge in [0.05, 0.1) is 0 Å². The third kappa shape index (κ3) is 2.08. The molecule has 3 N–H and O–H groups in total. The molecule has 0 aliphatic rings. The van der Waals surface area contributed by atoms with Crippen molar-refractivity contribution in [3.8, 4) is 5.69 Å². The first kappa shape index (κ1) is 13.0. The smallest absolute Gasteiger partial charge is 0.271 e. The molecule has 0 spiro atoms. The number of nitrogen functional groups attached to an aromatic ring is 1. The van der Waals surface area contributed by atoms with Crippen molar-refractivity contribution in [2.45, 2.75) is 0 Å². The van der Waals surface area contributed by atoms with Crippen LogP contribution in [0.25, 0.3) is 16.6 Å². The summed E-state index contributed by atoms with van der Waals surface area (Å²) in [5, 5.41) is 7.17. The van der Waals surface area contributed by atoms with Crippen molar-refractivity contribution in [1.82, 2.24) is 20.1 Å². The Morgan fingerprint density at radius 3 is 3.00 bits per heavy atom. The topological polar surface area (TPSA) is 85.8 Å². The van der Waals surface area contributed by atoms with E-state index in [4.69, 9.17) is 5.73 Å². The fourth-order valence-corrected chi connectivity index (χ4v) is 2.14. The lowest BCUT2D eigenvalue weighted by molar-refractivity contribution is 0.0957. The summed E-state index contributed by atoms with van der Waals surface area (Å²) in [6.07, 6.45) is 3.06. The number of fused-ring (bicyclic) bond motifs is 1. The van der Waals surface area contributed by atoms with Gasteiger partial charge < -0.3 is 11.1 Å². The molecule has 21 heavy (non-hydrogen) atoms. The number of benzene rings is 1. The van der Waals surface area contributed by atoms with Crippen molar-refractivity contribution >= 4 is 22.5 Å². The Bertz CT molecular complexity index is 842. The highest BCUT2D eigenvalue weighted by Gasteiger charge is 2.16. The molecular weight excluding hydrogens is 273 g/mol. The van der Waals surface area contributed by atoms with E-state index < -0.39 is 5.82 Å². The van der Waals surface area contributed by atoms with Crippen LogP contribution in [0.5, 0.6) is 0 Å². The standard InChI is InChI=1S/C14H12FN5O/c1-17-14(21)11-4-6-20(19-11)13-9(15)7-10(16)8-3-2-5-18-12(8)13/h2-7H,16H2,1H3,(H,17,21). The van der Waals surface area contributed by atoms with Crippen LogP contribution in [-0.4, -0.2) is 27.7 Å². The van der Waals surface area contributed by atoms with Gasteiger partial charge in [-0.3, -0.25) is 9.78 Å². The largest absolute Gasteiger partial charge is 0.398 e. The van der Waals surface area contributed by atoms with Crippen LogP contribution in [0.2, 0.25) is 0 Å². The van der Waals surface area contributed by atoms with E-state index in [1.165, 1.54) is 30.1 Å². The number of carbonyl (C=O) groups is 1. The van der Waals surface area contributed by atoms with Gasteiger partial charge in [0.1, 0.15) is 11.2 Å². The van der Waals surface area contributed by atoms with Crippen molar-refractivity contribution in [3.63, 3.8) is 0 Å². The number of amides is 1. The first-order chi connectivity index (χ1) is 10.1. The normalized spacial score (nSPS) is 10.8. The van der Waals surface area contributed by atoms with Crippen LogP contribution in [0.15, 0.2) is 36.7 Å². The van der Waals surface area contributed by atoms with Gasteiger partial charge in [0, 0.05) is 30.5 Å². The van der Waals surface area contributed by atoms with E-state index in [9.17, 15) is 9.18 Å². The maximum atomic E-state index is 14.3. The second-order valence-electron chi connectivity index (χ2n) is 4.42. The van der Waals surface area contributed by atoms with E-state index in [2.05, 4.69) is 15.4 Å². The van der Waals surface area contributed by atoms with E-state index in [0.717, 1.165) is 0 Å². The molecule has 0 fully saturated rings. The predicted octanol–water partition coefficient (Wildman–Crippen LogP) is 1.50. The molecule has 3 rings (SSSR count). The minimum absolute atomic E-state index is 0.162.